The second-order valence-corrected chi connectivity index (χ2v) is 6.27. The van der Waals surface area contributed by atoms with Crippen LogP contribution in [0.4, 0.5) is 5.69 Å². The van der Waals surface area contributed by atoms with Crippen LogP contribution in [0, 0.1) is 10.1 Å². The molecular weight excluding hydrogens is 350 g/mol. The van der Waals surface area contributed by atoms with Crippen molar-refractivity contribution in [3.63, 3.8) is 0 Å². The van der Waals surface area contributed by atoms with Crippen LogP contribution >= 0.6 is 0 Å². The molecule has 2 aromatic carbocycles. The Morgan fingerprint density at radius 3 is 2.74 bits per heavy atom. The van der Waals surface area contributed by atoms with E-state index in [-0.39, 0.29) is 30.6 Å². The average molecular weight is 369 g/mol. The number of carbonyl (C=O) groups excluding carboxylic acids is 1. The van der Waals surface area contributed by atoms with E-state index in [9.17, 15) is 19.7 Å². The van der Waals surface area contributed by atoms with Gasteiger partial charge in [-0.2, -0.15) is 0 Å². The molecule has 0 aliphatic rings. The summed E-state index contributed by atoms with van der Waals surface area (Å²) in [6.07, 6.45) is 0.110. The number of hydrogen-bond acceptors (Lipinski definition) is 5. The first-order valence-corrected chi connectivity index (χ1v) is 8.47. The lowest BCUT2D eigenvalue weighted by Crippen LogP contribution is -2.31. The van der Waals surface area contributed by atoms with Crippen molar-refractivity contribution in [2.75, 3.05) is 7.05 Å². The van der Waals surface area contributed by atoms with Crippen molar-refractivity contribution in [2.45, 2.75) is 25.9 Å². The largest absolute Gasteiger partial charge is 0.419 e. The van der Waals surface area contributed by atoms with Crippen molar-refractivity contribution >= 4 is 22.7 Å². The molecule has 0 saturated carbocycles. The number of para-hydroxylation sites is 2. The molecule has 0 unspecified atom stereocenters. The van der Waals surface area contributed by atoms with Gasteiger partial charge in [0.05, 0.1) is 16.5 Å². The van der Waals surface area contributed by atoms with Gasteiger partial charge in [-0.1, -0.05) is 24.3 Å². The number of nitrogens with zero attached hydrogens (tertiary/aromatic N) is 3. The van der Waals surface area contributed by atoms with Gasteiger partial charge in [-0.15, -0.1) is 0 Å². The first kappa shape index (κ1) is 18.4. The van der Waals surface area contributed by atoms with E-state index < -0.39 is 10.7 Å². The smallest absolute Gasteiger partial charge is 0.408 e. The highest BCUT2D eigenvalue weighted by atomic mass is 16.6. The van der Waals surface area contributed by atoms with Gasteiger partial charge < -0.3 is 9.32 Å². The Bertz CT molecular complexity index is 1050. The fourth-order valence-corrected chi connectivity index (χ4v) is 2.95. The van der Waals surface area contributed by atoms with Gasteiger partial charge >= 0.3 is 5.76 Å². The molecule has 0 spiro atoms. The highest BCUT2D eigenvalue weighted by molar-refractivity contribution is 5.77. The first-order valence-electron chi connectivity index (χ1n) is 8.47. The second kappa shape index (κ2) is 7.45. The molecular formula is C19H19N3O5. The van der Waals surface area contributed by atoms with Gasteiger partial charge in [0.2, 0.25) is 5.91 Å². The van der Waals surface area contributed by atoms with Crippen LogP contribution in [-0.4, -0.2) is 27.3 Å². The van der Waals surface area contributed by atoms with Crippen molar-refractivity contribution in [2.24, 2.45) is 0 Å². The lowest BCUT2D eigenvalue weighted by molar-refractivity contribution is -0.384. The van der Waals surface area contributed by atoms with Gasteiger partial charge in [0.15, 0.2) is 5.58 Å². The van der Waals surface area contributed by atoms with Gasteiger partial charge in [-0.05, 0) is 24.6 Å². The molecule has 0 N–H and O–H groups in total. The Labute approximate surface area is 154 Å². The van der Waals surface area contributed by atoms with E-state index in [1.807, 2.05) is 0 Å². The first-order chi connectivity index (χ1) is 12.9. The van der Waals surface area contributed by atoms with E-state index >= 15 is 0 Å². The van der Waals surface area contributed by atoms with Crippen LogP contribution in [0.1, 0.15) is 24.9 Å². The lowest BCUT2D eigenvalue weighted by Gasteiger charge is -2.25. The molecule has 8 nitrogen and oxygen atoms in total. The number of hydrogen-bond donors (Lipinski definition) is 0. The Hall–Kier alpha value is -3.42. The molecule has 0 bridgehead atoms. The number of carbonyl (C=O) groups is 1. The zero-order chi connectivity index (χ0) is 19.6. The molecule has 27 heavy (non-hydrogen) atoms. The molecule has 3 rings (SSSR count). The minimum absolute atomic E-state index is 0.0170. The van der Waals surface area contributed by atoms with Gasteiger partial charge in [-0.3, -0.25) is 19.5 Å². The maximum absolute atomic E-state index is 12.6. The molecule has 0 aliphatic heterocycles. The highest BCUT2D eigenvalue weighted by Gasteiger charge is 2.20. The number of oxazole rings is 1. The summed E-state index contributed by atoms with van der Waals surface area (Å²) >= 11 is 0. The molecule has 0 fully saturated rings. The molecule has 1 amide bonds. The van der Waals surface area contributed by atoms with Crippen molar-refractivity contribution in [3.05, 3.63) is 74.8 Å². The number of amides is 1. The zero-order valence-corrected chi connectivity index (χ0v) is 15.0. The van der Waals surface area contributed by atoms with Crippen LogP contribution in [-0.2, 0) is 11.3 Å². The fourth-order valence-electron chi connectivity index (χ4n) is 2.95. The molecule has 8 heteroatoms. The number of nitro groups is 1. The Morgan fingerprint density at radius 2 is 2.00 bits per heavy atom. The molecule has 1 atom stereocenters. The summed E-state index contributed by atoms with van der Waals surface area (Å²) in [5.41, 5.74) is 1.78. The summed E-state index contributed by atoms with van der Waals surface area (Å²) < 4.78 is 6.59. The number of aromatic nitrogens is 1. The number of nitro benzene ring substituents is 1. The van der Waals surface area contributed by atoms with Crippen LogP contribution in [0.25, 0.3) is 11.1 Å². The predicted octanol–water partition coefficient (Wildman–Crippen LogP) is 3.11. The SMILES string of the molecule is C[C@H](c1cccc([N+](=O)[O-])c1)N(C)C(=O)CCn1c(=O)oc2ccccc21. The average Bonchev–Trinajstić information content (AvgIpc) is 3.00. The van der Waals surface area contributed by atoms with Gasteiger partial charge in [0, 0.05) is 32.1 Å². The summed E-state index contributed by atoms with van der Waals surface area (Å²) in [4.78, 5) is 36.5. The summed E-state index contributed by atoms with van der Waals surface area (Å²) in [6.45, 7) is 2.00. The van der Waals surface area contributed by atoms with Crippen LogP contribution in [0.2, 0.25) is 0 Å². The molecule has 140 valence electrons. The van der Waals surface area contributed by atoms with Crippen molar-refractivity contribution < 1.29 is 14.1 Å². The fraction of sp³-hybridized carbons (Fsp3) is 0.263. The van der Waals surface area contributed by atoms with Crippen LogP contribution in [0.15, 0.2) is 57.7 Å². The number of aryl methyl sites for hydroxylation is 1. The van der Waals surface area contributed by atoms with Crippen molar-refractivity contribution in [1.82, 2.24) is 9.47 Å². The van der Waals surface area contributed by atoms with Gasteiger partial charge in [-0.25, -0.2) is 4.79 Å². The molecule has 1 aromatic heterocycles. The molecule has 0 saturated heterocycles. The van der Waals surface area contributed by atoms with Crippen molar-refractivity contribution in [1.29, 1.82) is 0 Å². The maximum Gasteiger partial charge on any atom is 0.419 e. The van der Waals surface area contributed by atoms with E-state index in [0.717, 1.165) is 0 Å². The molecule has 1 heterocycles. The highest BCUT2D eigenvalue weighted by Crippen LogP contribution is 2.23. The number of benzene rings is 2. The predicted molar refractivity (Wildman–Crippen MR) is 99.4 cm³/mol. The summed E-state index contributed by atoms with van der Waals surface area (Å²) in [5, 5.41) is 10.9. The zero-order valence-electron chi connectivity index (χ0n) is 15.0. The third-order valence-corrected chi connectivity index (χ3v) is 4.66. The normalized spacial score (nSPS) is 12.1. The number of fused-ring (bicyclic) bond motifs is 1. The lowest BCUT2D eigenvalue weighted by atomic mass is 10.1. The third-order valence-electron chi connectivity index (χ3n) is 4.66. The minimum atomic E-state index is -0.501. The van der Waals surface area contributed by atoms with E-state index in [4.69, 9.17) is 4.42 Å². The van der Waals surface area contributed by atoms with Gasteiger partial charge in [0.25, 0.3) is 5.69 Å². The van der Waals surface area contributed by atoms with Gasteiger partial charge in [0.1, 0.15) is 0 Å². The number of non-ortho nitro benzene ring substituents is 1. The maximum atomic E-state index is 12.6. The number of rotatable bonds is 6. The summed E-state index contributed by atoms with van der Waals surface area (Å²) in [5.74, 6) is -0.676. The van der Waals surface area contributed by atoms with Crippen LogP contribution < -0.4 is 5.76 Å². The second-order valence-electron chi connectivity index (χ2n) is 6.27. The minimum Gasteiger partial charge on any atom is -0.408 e. The van der Waals surface area contributed by atoms with Crippen LogP contribution in [0.5, 0.6) is 0 Å². The third kappa shape index (κ3) is 3.74. The van der Waals surface area contributed by atoms with E-state index in [0.29, 0.717) is 16.7 Å². The Kier molecular flexibility index (Phi) is 5.07. The molecule has 3 aromatic rings. The topological polar surface area (TPSA) is 98.6 Å². The molecule has 0 aliphatic carbocycles. The summed E-state index contributed by atoms with van der Waals surface area (Å²) in [6, 6.07) is 12.9. The quantitative estimate of drug-likeness (QED) is 0.491. The standard InChI is InChI=1S/C19H19N3O5/c1-13(14-6-5-7-15(12-14)22(25)26)20(2)18(23)10-11-21-16-8-3-4-9-17(16)27-19(21)24/h3-9,12-13H,10-11H2,1-2H3/t13-/m1/s1. The van der Waals surface area contributed by atoms with Crippen LogP contribution in [0.3, 0.4) is 0 Å². The Balaban J connectivity index is 1.72. The van der Waals surface area contributed by atoms with E-state index in [1.54, 1.807) is 50.4 Å². The summed E-state index contributed by atoms with van der Waals surface area (Å²) in [7, 11) is 1.64. The monoisotopic (exact) mass is 369 g/mol. The van der Waals surface area contributed by atoms with E-state index in [1.165, 1.54) is 21.6 Å². The van der Waals surface area contributed by atoms with E-state index in [2.05, 4.69) is 0 Å². The molecule has 0 radical (unpaired) electrons. The Morgan fingerprint density at radius 1 is 1.26 bits per heavy atom. The van der Waals surface area contributed by atoms with Crippen molar-refractivity contribution in [3.8, 4) is 0 Å².